The minimum Gasteiger partial charge on any atom is -0.330 e. The lowest BCUT2D eigenvalue weighted by molar-refractivity contribution is 0.629. The van der Waals surface area contributed by atoms with Gasteiger partial charge in [-0.25, -0.2) is 4.39 Å². The maximum Gasteiger partial charge on any atom is 0.123 e. The average molecular weight is 203 g/mol. The molecule has 1 nitrogen and oxygen atoms in total. The van der Waals surface area contributed by atoms with Crippen LogP contribution in [0, 0.1) is 5.82 Å². The van der Waals surface area contributed by atoms with Gasteiger partial charge in [0.05, 0.1) is 0 Å². The van der Waals surface area contributed by atoms with Gasteiger partial charge in [-0.1, -0.05) is 24.3 Å². The summed E-state index contributed by atoms with van der Waals surface area (Å²) < 4.78 is 13.1. The molecule has 0 heterocycles. The lowest BCUT2D eigenvalue weighted by atomic mass is 10.0. The molecule has 2 aromatic rings. The fraction of sp³-hybridized carbons (Fsp3) is 0.231. The smallest absolute Gasteiger partial charge is 0.123 e. The molecule has 0 aliphatic rings. The van der Waals surface area contributed by atoms with Crippen molar-refractivity contribution in [3.05, 3.63) is 47.8 Å². The van der Waals surface area contributed by atoms with Crippen LogP contribution in [0.3, 0.4) is 0 Å². The highest BCUT2D eigenvalue weighted by Crippen LogP contribution is 2.20. The molecule has 0 amide bonds. The van der Waals surface area contributed by atoms with E-state index in [9.17, 15) is 4.39 Å². The van der Waals surface area contributed by atoms with Gasteiger partial charge >= 0.3 is 0 Å². The number of hydrogen-bond donors (Lipinski definition) is 1. The van der Waals surface area contributed by atoms with Crippen molar-refractivity contribution in [3.63, 3.8) is 0 Å². The molecule has 2 N–H and O–H groups in total. The van der Waals surface area contributed by atoms with Gasteiger partial charge in [0.15, 0.2) is 0 Å². The minimum atomic E-state index is -0.178. The summed E-state index contributed by atoms with van der Waals surface area (Å²) in [7, 11) is 0. The van der Waals surface area contributed by atoms with Crippen LogP contribution >= 0.6 is 0 Å². The number of benzene rings is 2. The van der Waals surface area contributed by atoms with Gasteiger partial charge in [0.25, 0.3) is 0 Å². The number of fused-ring (bicyclic) bond motifs is 1. The molecule has 0 saturated heterocycles. The summed E-state index contributed by atoms with van der Waals surface area (Å²) in [5, 5.41) is 2.09. The largest absolute Gasteiger partial charge is 0.330 e. The second-order valence-corrected chi connectivity index (χ2v) is 3.67. The van der Waals surface area contributed by atoms with Crippen molar-refractivity contribution in [1.82, 2.24) is 0 Å². The molecule has 0 atom stereocenters. The zero-order valence-electron chi connectivity index (χ0n) is 8.54. The van der Waals surface area contributed by atoms with Crippen LogP contribution in [-0.2, 0) is 6.42 Å². The Morgan fingerprint density at radius 3 is 2.80 bits per heavy atom. The number of halogens is 1. The fourth-order valence-corrected chi connectivity index (χ4v) is 1.82. The van der Waals surface area contributed by atoms with Gasteiger partial charge < -0.3 is 5.73 Å². The van der Waals surface area contributed by atoms with E-state index in [1.807, 2.05) is 24.3 Å². The number of aryl methyl sites for hydroxylation is 1. The van der Waals surface area contributed by atoms with Crippen LogP contribution in [0.4, 0.5) is 4.39 Å². The number of nitrogens with two attached hydrogens (primary N) is 1. The van der Waals surface area contributed by atoms with Gasteiger partial charge in [0.2, 0.25) is 0 Å². The van der Waals surface area contributed by atoms with Crippen molar-refractivity contribution in [2.24, 2.45) is 5.73 Å². The third kappa shape index (κ3) is 2.16. The Kier molecular flexibility index (Phi) is 2.97. The highest BCUT2D eigenvalue weighted by molar-refractivity contribution is 5.85. The molecule has 0 fully saturated rings. The van der Waals surface area contributed by atoms with Crippen LogP contribution in [0.5, 0.6) is 0 Å². The highest BCUT2D eigenvalue weighted by Gasteiger charge is 2.01. The van der Waals surface area contributed by atoms with Crippen LogP contribution in [0.1, 0.15) is 12.0 Å². The maximum atomic E-state index is 13.1. The van der Waals surface area contributed by atoms with E-state index in [2.05, 4.69) is 0 Å². The normalized spacial score (nSPS) is 10.8. The van der Waals surface area contributed by atoms with E-state index in [4.69, 9.17) is 5.73 Å². The quantitative estimate of drug-likeness (QED) is 0.815. The first-order chi connectivity index (χ1) is 7.31. The van der Waals surface area contributed by atoms with E-state index in [1.165, 1.54) is 11.6 Å². The van der Waals surface area contributed by atoms with Crippen molar-refractivity contribution in [1.29, 1.82) is 0 Å². The van der Waals surface area contributed by atoms with Crippen LogP contribution in [0.2, 0.25) is 0 Å². The van der Waals surface area contributed by atoms with Crippen molar-refractivity contribution >= 4 is 10.8 Å². The molecule has 15 heavy (non-hydrogen) atoms. The Hall–Kier alpha value is -1.41. The molecule has 0 unspecified atom stereocenters. The summed E-state index contributed by atoms with van der Waals surface area (Å²) in [6, 6.07) is 11.0. The van der Waals surface area contributed by atoms with Gasteiger partial charge in [0.1, 0.15) is 5.82 Å². The first-order valence-electron chi connectivity index (χ1n) is 5.18. The summed E-state index contributed by atoms with van der Waals surface area (Å²) in [5.74, 6) is -0.178. The number of hydrogen-bond acceptors (Lipinski definition) is 1. The second-order valence-electron chi connectivity index (χ2n) is 3.67. The lowest BCUT2D eigenvalue weighted by Crippen LogP contribution is -2.00. The van der Waals surface area contributed by atoms with Crippen LogP contribution in [0.25, 0.3) is 10.8 Å². The molecule has 0 aliphatic heterocycles. The van der Waals surface area contributed by atoms with Gasteiger partial charge in [0, 0.05) is 0 Å². The lowest BCUT2D eigenvalue weighted by Gasteiger charge is -2.05. The maximum absolute atomic E-state index is 13.1. The Balaban J connectivity index is 2.48. The van der Waals surface area contributed by atoms with Gasteiger partial charge in [-0.3, -0.25) is 0 Å². The Labute approximate surface area is 88.7 Å². The van der Waals surface area contributed by atoms with Gasteiger partial charge in [-0.15, -0.1) is 0 Å². The molecule has 0 bridgehead atoms. The van der Waals surface area contributed by atoms with Crippen molar-refractivity contribution in [2.45, 2.75) is 12.8 Å². The first kappa shape index (κ1) is 10.1. The topological polar surface area (TPSA) is 26.0 Å². The van der Waals surface area contributed by atoms with Gasteiger partial charge in [-0.05, 0) is 47.9 Å². The Morgan fingerprint density at radius 1 is 1.13 bits per heavy atom. The molecule has 0 aromatic heterocycles. The van der Waals surface area contributed by atoms with Crippen molar-refractivity contribution in [2.75, 3.05) is 6.54 Å². The fourth-order valence-electron chi connectivity index (χ4n) is 1.82. The molecule has 2 aromatic carbocycles. The summed E-state index contributed by atoms with van der Waals surface area (Å²) in [6.07, 6.45) is 1.85. The zero-order valence-corrected chi connectivity index (χ0v) is 8.54. The Morgan fingerprint density at radius 2 is 2.00 bits per heavy atom. The van der Waals surface area contributed by atoms with E-state index in [1.54, 1.807) is 6.07 Å². The molecule has 0 spiro atoms. The van der Waals surface area contributed by atoms with E-state index in [-0.39, 0.29) is 5.82 Å². The molecule has 0 aliphatic carbocycles. The van der Waals surface area contributed by atoms with Crippen molar-refractivity contribution in [3.8, 4) is 0 Å². The zero-order chi connectivity index (χ0) is 10.7. The third-order valence-corrected chi connectivity index (χ3v) is 2.58. The SMILES string of the molecule is NCCCc1cccc2ccc(F)cc12. The summed E-state index contributed by atoms with van der Waals surface area (Å²) in [5.41, 5.74) is 6.65. The number of rotatable bonds is 3. The highest BCUT2D eigenvalue weighted by atomic mass is 19.1. The summed E-state index contributed by atoms with van der Waals surface area (Å²) in [6.45, 7) is 0.672. The minimum absolute atomic E-state index is 0.178. The molecule has 0 saturated carbocycles. The summed E-state index contributed by atoms with van der Waals surface area (Å²) >= 11 is 0. The van der Waals surface area contributed by atoms with Crippen LogP contribution < -0.4 is 5.73 Å². The Bertz CT molecular complexity index is 465. The molecular weight excluding hydrogens is 189 g/mol. The second kappa shape index (κ2) is 4.41. The monoisotopic (exact) mass is 203 g/mol. The third-order valence-electron chi connectivity index (χ3n) is 2.58. The standard InChI is InChI=1S/C13H14FN/c14-12-7-6-11-4-1-3-10(5-2-8-15)13(11)9-12/h1,3-4,6-7,9H,2,5,8,15H2. The van der Waals surface area contributed by atoms with Crippen molar-refractivity contribution < 1.29 is 4.39 Å². The first-order valence-corrected chi connectivity index (χ1v) is 5.18. The molecule has 78 valence electrons. The van der Waals surface area contributed by atoms with Crippen LogP contribution in [0.15, 0.2) is 36.4 Å². The van der Waals surface area contributed by atoms with E-state index in [0.29, 0.717) is 6.54 Å². The van der Waals surface area contributed by atoms with E-state index >= 15 is 0 Å². The summed E-state index contributed by atoms with van der Waals surface area (Å²) in [4.78, 5) is 0. The van der Waals surface area contributed by atoms with Crippen LogP contribution in [-0.4, -0.2) is 6.54 Å². The van der Waals surface area contributed by atoms with Gasteiger partial charge in [-0.2, -0.15) is 0 Å². The predicted molar refractivity (Wildman–Crippen MR) is 61.3 cm³/mol. The molecule has 2 rings (SSSR count). The average Bonchev–Trinajstić information content (AvgIpc) is 2.26. The molecule has 0 radical (unpaired) electrons. The predicted octanol–water partition coefficient (Wildman–Crippen LogP) is 2.87. The van der Waals surface area contributed by atoms with E-state index < -0.39 is 0 Å². The molecular formula is C13H14FN. The molecule has 2 heteroatoms. The van der Waals surface area contributed by atoms with E-state index in [0.717, 1.165) is 23.6 Å².